The van der Waals surface area contributed by atoms with Crippen LogP contribution in [0.25, 0.3) is 22.2 Å². The molecule has 0 atom stereocenters. The Hall–Kier alpha value is -3.44. The minimum Gasteiger partial charge on any atom is -0.453 e. The van der Waals surface area contributed by atoms with E-state index in [9.17, 15) is 9.59 Å². The Morgan fingerprint density at radius 2 is 1.75 bits per heavy atom. The van der Waals surface area contributed by atoms with E-state index in [2.05, 4.69) is 9.97 Å². The summed E-state index contributed by atoms with van der Waals surface area (Å²) in [6, 6.07) is 20.0. The van der Waals surface area contributed by atoms with Crippen LogP contribution < -0.4 is 0 Å². The summed E-state index contributed by atoms with van der Waals surface area (Å²) in [4.78, 5) is 32.4. The Balaban J connectivity index is 1.64. The first-order valence-electron chi connectivity index (χ1n) is 8.61. The average Bonchev–Trinajstić information content (AvgIpc) is 3.12. The summed E-state index contributed by atoms with van der Waals surface area (Å²) in [5, 5.41) is 1.15. The molecular formula is C22H15ClN2O3. The number of nitrogens with one attached hydrogen (secondary N) is 1. The zero-order valence-corrected chi connectivity index (χ0v) is 15.4. The number of esters is 1. The van der Waals surface area contributed by atoms with Gasteiger partial charge in [-0.3, -0.25) is 4.79 Å². The third kappa shape index (κ3) is 3.52. The third-order valence-electron chi connectivity index (χ3n) is 4.31. The Morgan fingerprint density at radius 3 is 2.54 bits per heavy atom. The number of hydrogen-bond acceptors (Lipinski definition) is 4. The number of rotatable bonds is 5. The smallest absolute Gasteiger partial charge is 0.357 e. The van der Waals surface area contributed by atoms with Gasteiger partial charge in [-0.1, -0.05) is 60.1 Å². The molecule has 6 heteroatoms. The van der Waals surface area contributed by atoms with Crippen molar-refractivity contribution in [3.05, 3.63) is 89.2 Å². The second kappa shape index (κ2) is 7.66. The molecule has 4 rings (SSSR count). The zero-order chi connectivity index (χ0) is 19.5. The molecule has 1 N–H and O–H groups in total. The molecule has 0 saturated carbocycles. The third-order valence-corrected chi connectivity index (χ3v) is 4.55. The van der Waals surface area contributed by atoms with E-state index < -0.39 is 12.6 Å². The van der Waals surface area contributed by atoms with Crippen molar-refractivity contribution in [3.63, 3.8) is 0 Å². The molecule has 2 aromatic carbocycles. The molecule has 2 heterocycles. The van der Waals surface area contributed by atoms with Gasteiger partial charge < -0.3 is 9.72 Å². The van der Waals surface area contributed by atoms with Crippen LogP contribution in [-0.4, -0.2) is 28.3 Å². The number of aromatic nitrogens is 2. The van der Waals surface area contributed by atoms with Crippen LogP contribution >= 0.6 is 11.6 Å². The molecule has 0 fully saturated rings. The monoisotopic (exact) mass is 390 g/mol. The maximum Gasteiger partial charge on any atom is 0.357 e. The molecule has 4 aromatic rings. The van der Waals surface area contributed by atoms with E-state index in [1.807, 2.05) is 54.6 Å². The fraction of sp³-hybridized carbons (Fsp3) is 0.0455. The summed E-state index contributed by atoms with van der Waals surface area (Å²) in [7, 11) is 0. The Morgan fingerprint density at radius 1 is 1.00 bits per heavy atom. The van der Waals surface area contributed by atoms with Gasteiger partial charge in [-0.05, 0) is 23.8 Å². The van der Waals surface area contributed by atoms with Crippen LogP contribution in [0.3, 0.4) is 0 Å². The van der Waals surface area contributed by atoms with E-state index in [0.717, 1.165) is 16.5 Å². The van der Waals surface area contributed by atoms with Gasteiger partial charge in [0.1, 0.15) is 5.69 Å². The lowest BCUT2D eigenvalue weighted by Gasteiger charge is -2.06. The van der Waals surface area contributed by atoms with Crippen molar-refractivity contribution in [2.24, 2.45) is 0 Å². The van der Waals surface area contributed by atoms with E-state index in [1.54, 1.807) is 6.07 Å². The second-order valence-corrected chi connectivity index (χ2v) is 6.58. The maximum absolute atomic E-state index is 13.0. The number of H-pyrrole nitrogens is 1. The number of fused-ring (bicyclic) bond motifs is 1. The number of ketones is 1. The van der Waals surface area contributed by atoms with Gasteiger partial charge in [0.15, 0.2) is 6.61 Å². The highest BCUT2D eigenvalue weighted by Crippen LogP contribution is 2.30. The molecule has 0 radical (unpaired) electrons. The highest BCUT2D eigenvalue weighted by molar-refractivity contribution is 6.30. The number of aromatic amines is 1. The number of pyridine rings is 1. The maximum atomic E-state index is 13.0. The zero-order valence-electron chi connectivity index (χ0n) is 14.7. The molecule has 0 amide bonds. The molecule has 138 valence electrons. The molecule has 0 aliphatic rings. The number of carbonyl (C=O) groups is 2. The molecule has 0 bridgehead atoms. The first-order valence-corrected chi connectivity index (χ1v) is 8.99. The molecule has 0 unspecified atom stereocenters. The van der Waals surface area contributed by atoms with Crippen LogP contribution in [-0.2, 0) is 4.74 Å². The van der Waals surface area contributed by atoms with Crippen LogP contribution in [0.15, 0.2) is 72.9 Å². The highest BCUT2D eigenvalue weighted by Gasteiger charge is 2.21. The number of ether oxygens (including phenoxy) is 1. The number of carbonyl (C=O) groups excluding carboxylic acids is 2. The Labute approximate surface area is 165 Å². The summed E-state index contributed by atoms with van der Waals surface area (Å²) >= 11 is 5.87. The number of nitrogens with zero attached hydrogens (tertiary/aromatic N) is 1. The number of Topliss-reactive ketones (excluding diaryl/α,β-unsaturated/α-hetero) is 1. The molecule has 5 nitrogen and oxygen atoms in total. The van der Waals surface area contributed by atoms with Crippen LogP contribution in [0.4, 0.5) is 0 Å². The number of para-hydroxylation sites is 1. The largest absolute Gasteiger partial charge is 0.453 e. The van der Waals surface area contributed by atoms with Gasteiger partial charge in [-0.15, -0.1) is 0 Å². The first-order chi connectivity index (χ1) is 13.6. The summed E-state index contributed by atoms with van der Waals surface area (Å²) in [6.45, 7) is -0.394. The lowest BCUT2D eigenvalue weighted by Crippen LogP contribution is -2.15. The van der Waals surface area contributed by atoms with Gasteiger partial charge in [0, 0.05) is 22.1 Å². The fourth-order valence-electron chi connectivity index (χ4n) is 3.05. The molecule has 28 heavy (non-hydrogen) atoms. The van der Waals surface area contributed by atoms with Crippen molar-refractivity contribution >= 4 is 34.3 Å². The average molecular weight is 391 g/mol. The predicted molar refractivity (Wildman–Crippen MR) is 108 cm³/mol. The summed E-state index contributed by atoms with van der Waals surface area (Å²) in [6.07, 6.45) is 1.41. The molecule has 0 aliphatic heterocycles. The Bertz CT molecular complexity index is 1170. The number of halogens is 1. The van der Waals surface area contributed by atoms with Gasteiger partial charge in [-0.25, -0.2) is 9.78 Å². The van der Waals surface area contributed by atoms with Gasteiger partial charge >= 0.3 is 5.97 Å². The van der Waals surface area contributed by atoms with E-state index >= 15 is 0 Å². The van der Waals surface area contributed by atoms with E-state index in [0.29, 0.717) is 16.3 Å². The molecule has 0 saturated heterocycles. The minimum atomic E-state index is -0.697. The summed E-state index contributed by atoms with van der Waals surface area (Å²) < 4.78 is 5.18. The minimum absolute atomic E-state index is 0.0579. The van der Waals surface area contributed by atoms with Crippen molar-refractivity contribution in [2.45, 2.75) is 0 Å². The van der Waals surface area contributed by atoms with Crippen molar-refractivity contribution in [1.82, 2.24) is 9.97 Å². The van der Waals surface area contributed by atoms with Crippen molar-refractivity contribution in [2.75, 3.05) is 6.61 Å². The Kier molecular flexibility index (Phi) is 4.91. The standard InChI is InChI=1S/C22H15ClN2O3/c23-15-10-11-24-18(12-15)22(27)28-13-19(26)20-16-8-4-5-9-17(16)25-21(20)14-6-2-1-3-7-14/h1-12,25H,13H2. The summed E-state index contributed by atoms with van der Waals surface area (Å²) in [5.74, 6) is -0.997. The predicted octanol–water partition coefficient (Wildman–Crippen LogP) is 4.92. The van der Waals surface area contributed by atoms with Gasteiger partial charge in [0.2, 0.25) is 5.78 Å². The SMILES string of the molecule is O=C(OCC(=O)c1c(-c2ccccc2)[nH]c2ccccc12)c1cc(Cl)ccn1. The molecular weight excluding hydrogens is 376 g/mol. The van der Waals surface area contributed by atoms with Crippen molar-refractivity contribution in [1.29, 1.82) is 0 Å². The van der Waals surface area contributed by atoms with Gasteiger partial charge in [0.05, 0.1) is 11.3 Å². The highest BCUT2D eigenvalue weighted by atomic mass is 35.5. The normalized spacial score (nSPS) is 10.8. The lowest BCUT2D eigenvalue weighted by atomic mass is 10.0. The van der Waals surface area contributed by atoms with Crippen LogP contribution in [0, 0.1) is 0 Å². The molecule has 0 spiro atoms. The quantitative estimate of drug-likeness (QED) is 0.387. The number of hydrogen-bond donors (Lipinski definition) is 1. The summed E-state index contributed by atoms with van der Waals surface area (Å²) in [5.41, 5.74) is 2.97. The number of benzene rings is 2. The van der Waals surface area contributed by atoms with Crippen LogP contribution in [0.5, 0.6) is 0 Å². The van der Waals surface area contributed by atoms with E-state index in [-0.39, 0.29) is 11.5 Å². The van der Waals surface area contributed by atoms with Gasteiger partial charge in [0.25, 0.3) is 0 Å². The van der Waals surface area contributed by atoms with Crippen LogP contribution in [0.2, 0.25) is 5.02 Å². The van der Waals surface area contributed by atoms with Crippen LogP contribution in [0.1, 0.15) is 20.8 Å². The van der Waals surface area contributed by atoms with E-state index in [1.165, 1.54) is 12.3 Å². The van der Waals surface area contributed by atoms with E-state index in [4.69, 9.17) is 16.3 Å². The molecule has 0 aliphatic carbocycles. The topological polar surface area (TPSA) is 72.1 Å². The van der Waals surface area contributed by atoms with Crippen molar-refractivity contribution < 1.29 is 14.3 Å². The van der Waals surface area contributed by atoms with Gasteiger partial charge in [-0.2, -0.15) is 0 Å². The first kappa shape index (κ1) is 17.9. The van der Waals surface area contributed by atoms with Crippen molar-refractivity contribution in [3.8, 4) is 11.3 Å². The second-order valence-electron chi connectivity index (χ2n) is 6.15. The fourth-order valence-corrected chi connectivity index (χ4v) is 3.21. The molecule has 2 aromatic heterocycles. The lowest BCUT2D eigenvalue weighted by molar-refractivity contribution is 0.0469.